The van der Waals surface area contributed by atoms with Crippen LogP contribution in [-0.2, 0) is 4.79 Å². The smallest absolute Gasteiger partial charge is 0.310 e. The van der Waals surface area contributed by atoms with Crippen LogP contribution in [0, 0.1) is 0 Å². The van der Waals surface area contributed by atoms with Crippen molar-refractivity contribution in [1.82, 2.24) is 9.97 Å². The lowest BCUT2D eigenvalue weighted by Crippen LogP contribution is -2.21. The van der Waals surface area contributed by atoms with E-state index in [-0.39, 0.29) is 5.82 Å². The lowest BCUT2D eigenvalue weighted by atomic mass is 10.5. The number of carbonyl (C=O) groups is 1. The first-order valence-corrected chi connectivity index (χ1v) is 4.11. The average Bonchev–Trinajstić information content (AvgIpc) is 2.04. The molecule has 0 aliphatic heterocycles. The summed E-state index contributed by atoms with van der Waals surface area (Å²) in [5, 5.41) is 2.28. The summed E-state index contributed by atoms with van der Waals surface area (Å²) in [4.78, 5) is 26.0. The monoisotopic (exact) mass is 221 g/mol. The minimum atomic E-state index is -1.17. The van der Waals surface area contributed by atoms with Gasteiger partial charge in [-0.3, -0.25) is 9.78 Å². The fourth-order valence-electron chi connectivity index (χ4n) is 0.629. The van der Waals surface area contributed by atoms with Crippen LogP contribution in [-0.4, -0.2) is 20.7 Å². The van der Waals surface area contributed by atoms with Gasteiger partial charge in [0.2, 0.25) is 0 Å². The number of nitrogens with one attached hydrogen (secondary N) is 2. The highest BCUT2D eigenvalue weighted by atomic mass is 35.5. The van der Waals surface area contributed by atoms with E-state index in [2.05, 4.69) is 15.3 Å². The third kappa shape index (κ3) is 3.04. The maximum Gasteiger partial charge on any atom is 0.346 e. The van der Waals surface area contributed by atoms with Crippen molar-refractivity contribution in [2.24, 2.45) is 0 Å². The summed E-state index contributed by atoms with van der Waals surface area (Å²) in [6, 6.07) is 1.41. The highest BCUT2D eigenvalue weighted by Gasteiger charge is 2.11. The number of halogens is 2. The van der Waals surface area contributed by atoms with Gasteiger partial charge in [0.15, 0.2) is 4.84 Å². The third-order valence-electron chi connectivity index (χ3n) is 1.13. The van der Waals surface area contributed by atoms with E-state index in [1.165, 1.54) is 12.3 Å². The van der Waals surface area contributed by atoms with Gasteiger partial charge < -0.3 is 5.32 Å². The minimum absolute atomic E-state index is 0.205. The van der Waals surface area contributed by atoms with Crippen molar-refractivity contribution in [3.8, 4) is 0 Å². The van der Waals surface area contributed by atoms with Crippen LogP contribution in [0.25, 0.3) is 0 Å². The summed E-state index contributed by atoms with van der Waals surface area (Å²) in [6.07, 6.45) is 1.26. The number of H-pyrrole nitrogens is 1. The van der Waals surface area contributed by atoms with Gasteiger partial charge in [-0.25, -0.2) is 9.78 Å². The molecule has 1 heterocycles. The Morgan fingerprint density at radius 2 is 2.31 bits per heavy atom. The number of anilines is 1. The van der Waals surface area contributed by atoms with Crippen molar-refractivity contribution < 1.29 is 4.79 Å². The zero-order valence-corrected chi connectivity index (χ0v) is 7.76. The van der Waals surface area contributed by atoms with Gasteiger partial charge in [-0.05, 0) is 6.07 Å². The second kappa shape index (κ2) is 4.25. The van der Waals surface area contributed by atoms with E-state index in [0.29, 0.717) is 0 Å². The first-order chi connectivity index (χ1) is 6.09. The van der Waals surface area contributed by atoms with E-state index in [1.54, 1.807) is 0 Å². The third-order valence-corrected chi connectivity index (χ3v) is 1.53. The molecule has 0 saturated heterocycles. The zero-order valence-electron chi connectivity index (χ0n) is 6.25. The van der Waals surface area contributed by atoms with Crippen LogP contribution in [0.5, 0.6) is 0 Å². The molecule has 0 aliphatic rings. The Kier molecular flexibility index (Phi) is 3.27. The number of alkyl halides is 2. The quantitative estimate of drug-likeness (QED) is 0.716. The van der Waals surface area contributed by atoms with E-state index in [0.717, 1.165) is 0 Å². The van der Waals surface area contributed by atoms with Gasteiger partial charge >= 0.3 is 5.69 Å². The number of hydrogen-bond acceptors (Lipinski definition) is 3. The molecule has 70 valence electrons. The maximum absolute atomic E-state index is 10.9. The molecular weight excluding hydrogens is 217 g/mol. The van der Waals surface area contributed by atoms with Crippen molar-refractivity contribution in [2.45, 2.75) is 4.84 Å². The van der Waals surface area contributed by atoms with Crippen molar-refractivity contribution in [2.75, 3.05) is 5.32 Å². The molecule has 13 heavy (non-hydrogen) atoms. The van der Waals surface area contributed by atoms with Crippen LogP contribution in [0.3, 0.4) is 0 Å². The first kappa shape index (κ1) is 10.0. The molecule has 0 spiro atoms. The van der Waals surface area contributed by atoms with Gasteiger partial charge in [-0.15, -0.1) is 0 Å². The molecule has 2 N–H and O–H groups in total. The Morgan fingerprint density at radius 3 is 2.85 bits per heavy atom. The normalized spacial score (nSPS) is 10.1. The highest BCUT2D eigenvalue weighted by Crippen LogP contribution is 2.05. The molecule has 0 aliphatic carbocycles. The number of aromatic amines is 1. The second-order valence-corrected chi connectivity index (χ2v) is 3.17. The van der Waals surface area contributed by atoms with Gasteiger partial charge in [0.1, 0.15) is 5.82 Å². The van der Waals surface area contributed by atoms with E-state index in [9.17, 15) is 9.59 Å². The Labute approximate surface area is 83.1 Å². The predicted octanol–water partition coefficient (Wildman–Crippen LogP) is 0.512. The topological polar surface area (TPSA) is 74.8 Å². The molecule has 0 fully saturated rings. The Hall–Kier alpha value is -1.07. The number of aromatic nitrogens is 2. The van der Waals surface area contributed by atoms with Crippen LogP contribution < -0.4 is 11.0 Å². The zero-order chi connectivity index (χ0) is 9.84. The molecule has 0 unspecified atom stereocenters. The molecule has 0 saturated carbocycles. The van der Waals surface area contributed by atoms with Crippen molar-refractivity contribution in [3.05, 3.63) is 22.7 Å². The molecule has 0 bridgehead atoms. The van der Waals surface area contributed by atoms with Gasteiger partial charge in [-0.2, -0.15) is 0 Å². The average molecular weight is 222 g/mol. The van der Waals surface area contributed by atoms with E-state index in [1.807, 2.05) is 0 Å². The lowest BCUT2D eigenvalue weighted by Gasteiger charge is -2.03. The molecule has 1 rings (SSSR count). The van der Waals surface area contributed by atoms with Gasteiger partial charge in [0.25, 0.3) is 5.91 Å². The largest absolute Gasteiger partial charge is 0.346 e. The maximum atomic E-state index is 10.9. The molecular formula is C6H5Cl2N3O2. The Morgan fingerprint density at radius 1 is 1.62 bits per heavy atom. The lowest BCUT2D eigenvalue weighted by molar-refractivity contribution is -0.114. The van der Waals surface area contributed by atoms with Crippen LogP contribution >= 0.6 is 23.2 Å². The van der Waals surface area contributed by atoms with Crippen molar-refractivity contribution in [1.29, 1.82) is 0 Å². The van der Waals surface area contributed by atoms with Gasteiger partial charge in [-0.1, -0.05) is 23.2 Å². The first-order valence-electron chi connectivity index (χ1n) is 3.24. The van der Waals surface area contributed by atoms with E-state index in [4.69, 9.17) is 23.2 Å². The van der Waals surface area contributed by atoms with Crippen LogP contribution in [0.1, 0.15) is 0 Å². The predicted molar refractivity (Wildman–Crippen MR) is 49.0 cm³/mol. The molecule has 0 aromatic carbocycles. The molecule has 1 amide bonds. The molecule has 5 nitrogen and oxygen atoms in total. The van der Waals surface area contributed by atoms with Crippen molar-refractivity contribution >= 4 is 34.9 Å². The Bertz CT molecular complexity index is 363. The summed E-state index contributed by atoms with van der Waals surface area (Å²) in [7, 11) is 0. The van der Waals surface area contributed by atoms with E-state index >= 15 is 0 Å². The fourth-order valence-corrected chi connectivity index (χ4v) is 0.738. The highest BCUT2D eigenvalue weighted by molar-refractivity contribution is 6.54. The van der Waals surface area contributed by atoms with Crippen LogP contribution in [0.15, 0.2) is 17.1 Å². The fraction of sp³-hybridized carbons (Fsp3) is 0.167. The molecule has 1 aromatic heterocycles. The number of hydrogen-bond donors (Lipinski definition) is 2. The summed E-state index contributed by atoms with van der Waals surface area (Å²) >= 11 is 10.5. The van der Waals surface area contributed by atoms with Crippen LogP contribution in [0.4, 0.5) is 5.82 Å². The number of nitrogens with zero attached hydrogens (tertiary/aromatic N) is 1. The SMILES string of the molecule is O=C(Nc1ccnc(=O)[nH]1)C(Cl)Cl. The molecule has 0 radical (unpaired) electrons. The summed E-state index contributed by atoms with van der Waals surface area (Å²) < 4.78 is 0. The van der Waals surface area contributed by atoms with Crippen molar-refractivity contribution in [3.63, 3.8) is 0 Å². The number of amides is 1. The Balaban J connectivity index is 2.75. The number of rotatable bonds is 2. The minimum Gasteiger partial charge on any atom is -0.310 e. The molecule has 1 aromatic rings. The summed E-state index contributed by atoms with van der Waals surface area (Å²) in [5.41, 5.74) is -0.557. The van der Waals surface area contributed by atoms with Gasteiger partial charge in [0.05, 0.1) is 0 Å². The standard InChI is InChI=1S/C6H5Cl2N3O2/c7-4(8)5(12)10-3-1-2-9-6(13)11-3/h1-2,4H,(H2,9,10,11,12,13). The second-order valence-electron chi connectivity index (χ2n) is 2.08. The number of carbonyl (C=O) groups excluding carboxylic acids is 1. The van der Waals surface area contributed by atoms with Crippen LogP contribution in [0.2, 0.25) is 0 Å². The summed E-state index contributed by atoms with van der Waals surface area (Å²) in [5.74, 6) is -0.401. The van der Waals surface area contributed by atoms with Gasteiger partial charge in [0, 0.05) is 6.20 Å². The summed E-state index contributed by atoms with van der Waals surface area (Å²) in [6.45, 7) is 0. The van der Waals surface area contributed by atoms with E-state index < -0.39 is 16.4 Å². The molecule has 0 atom stereocenters. The molecule has 7 heteroatoms.